The van der Waals surface area contributed by atoms with Crippen LogP contribution in [0, 0.1) is 5.82 Å². The second-order valence-corrected chi connectivity index (χ2v) is 4.69. The van der Waals surface area contributed by atoms with Crippen molar-refractivity contribution >= 4 is 17.4 Å². The quantitative estimate of drug-likeness (QED) is 0.585. The van der Waals surface area contributed by atoms with E-state index in [2.05, 4.69) is 15.1 Å². The zero-order valence-corrected chi connectivity index (χ0v) is 11.0. The number of aliphatic imine (C=N–C) groups is 1. The fraction of sp³-hybridized carbons (Fsp3) is 0.200. The number of nitrogens with zero attached hydrogens (tertiary/aromatic N) is 2. The minimum atomic E-state index is -0.297. The van der Waals surface area contributed by atoms with Gasteiger partial charge in [-0.2, -0.15) is 0 Å². The monoisotopic (exact) mass is 270 g/mol. The van der Waals surface area contributed by atoms with Crippen molar-refractivity contribution < 1.29 is 4.39 Å². The van der Waals surface area contributed by atoms with E-state index in [1.807, 2.05) is 18.2 Å². The molecule has 4 heteroatoms. The van der Waals surface area contributed by atoms with Crippen LogP contribution in [0.3, 0.4) is 0 Å². The van der Waals surface area contributed by atoms with Gasteiger partial charge in [-0.15, -0.1) is 0 Å². The summed E-state index contributed by atoms with van der Waals surface area (Å²) in [5, 5.41) is 2.42. The molecule has 1 aromatic carbocycles. The first kappa shape index (κ1) is 12.2. The fourth-order valence-corrected chi connectivity index (χ4v) is 2.67. The number of fused-ring (bicyclic) bond motifs is 2. The Morgan fingerprint density at radius 2 is 2.16 bits per heavy atom. The summed E-state index contributed by atoms with van der Waals surface area (Å²) in [6.45, 7) is 0. The average Bonchev–Trinajstić information content (AvgIpc) is 2.58. The number of pyridine rings is 1. The Morgan fingerprint density at radius 3 is 3.00 bits per heavy atom. The number of rotatable bonds is 1. The second kappa shape index (κ2) is 5.00. The highest BCUT2D eigenvalue weighted by Crippen LogP contribution is 2.34. The van der Waals surface area contributed by atoms with Crippen molar-refractivity contribution in [2.45, 2.75) is 18.9 Å². The van der Waals surface area contributed by atoms with Gasteiger partial charge in [-0.25, -0.2) is 9.38 Å². The summed E-state index contributed by atoms with van der Waals surface area (Å²) < 4.78 is 13.5. The lowest BCUT2D eigenvalue weighted by molar-refractivity contribution is 0.622. The zero-order chi connectivity index (χ0) is 13.2. The van der Waals surface area contributed by atoms with Gasteiger partial charge in [0, 0.05) is 17.5 Å². The third kappa shape index (κ3) is 2.21. The lowest BCUT2D eigenvalue weighted by Crippen LogP contribution is -2.02. The van der Waals surface area contributed by atoms with Crippen molar-refractivity contribution in [3.63, 3.8) is 0 Å². The van der Waals surface area contributed by atoms with Gasteiger partial charge in [0.2, 0.25) is 0 Å². The molecule has 1 aliphatic carbocycles. The number of hydrogen-bond acceptors (Lipinski definition) is 3. The number of aryl methyl sites for hydroxylation is 2. The van der Waals surface area contributed by atoms with E-state index in [4.69, 9.17) is 12.2 Å². The molecule has 0 radical (unpaired) electrons. The molecule has 1 atom stereocenters. The molecule has 0 spiro atoms. The van der Waals surface area contributed by atoms with Crippen LogP contribution in [0.4, 0.5) is 4.39 Å². The highest BCUT2D eigenvalue weighted by atomic mass is 32.1. The maximum atomic E-state index is 13.5. The molecule has 2 aromatic rings. The summed E-state index contributed by atoms with van der Waals surface area (Å²) >= 11 is 4.74. The predicted octanol–water partition coefficient (Wildman–Crippen LogP) is 3.51. The summed E-state index contributed by atoms with van der Waals surface area (Å²) in [5.41, 5.74) is 3.95. The van der Waals surface area contributed by atoms with Crippen LogP contribution in [-0.4, -0.2) is 10.1 Å². The smallest absolute Gasteiger partial charge is 0.123 e. The molecule has 2 nitrogen and oxygen atoms in total. The number of isothiocyanates is 1. The number of aromatic nitrogens is 1. The van der Waals surface area contributed by atoms with Crippen LogP contribution in [0.1, 0.15) is 28.4 Å². The molecule has 0 bridgehead atoms. The molecule has 0 N–H and O–H groups in total. The molecule has 0 amide bonds. The lowest BCUT2D eigenvalue weighted by Gasteiger charge is -2.14. The third-order valence-electron chi connectivity index (χ3n) is 3.44. The number of halogens is 1. The summed E-state index contributed by atoms with van der Waals surface area (Å²) in [7, 11) is 0. The third-order valence-corrected chi connectivity index (χ3v) is 3.54. The van der Waals surface area contributed by atoms with E-state index in [0.29, 0.717) is 0 Å². The van der Waals surface area contributed by atoms with Crippen molar-refractivity contribution in [3.8, 4) is 0 Å². The van der Waals surface area contributed by atoms with Crippen LogP contribution >= 0.6 is 12.2 Å². The van der Waals surface area contributed by atoms with E-state index in [1.54, 1.807) is 6.20 Å². The molecule has 1 unspecified atom stereocenters. The molecule has 0 fully saturated rings. The topological polar surface area (TPSA) is 25.2 Å². The summed E-state index contributed by atoms with van der Waals surface area (Å²) in [6, 6.07) is 8.40. The molecule has 19 heavy (non-hydrogen) atoms. The van der Waals surface area contributed by atoms with Gasteiger partial charge in [-0.3, -0.25) is 4.98 Å². The van der Waals surface area contributed by atoms with E-state index < -0.39 is 0 Å². The molecule has 0 aliphatic heterocycles. The van der Waals surface area contributed by atoms with Gasteiger partial charge in [0.1, 0.15) is 11.9 Å². The Morgan fingerprint density at radius 1 is 1.26 bits per heavy atom. The summed E-state index contributed by atoms with van der Waals surface area (Å²) in [6.07, 6.45) is 3.44. The molecule has 1 heterocycles. The molecule has 0 saturated heterocycles. The first-order valence-corrected chi connectivity index (χ1v) is 6.49. The zero-order valence-electron chi connectivity index (χ0n) is 10.1. The van der Waals surface area contributed by atoms with Crippen molar-refractivity contribution in [1.29, 1.82) is 0 Å². The molecule has 1 aliphatic rings. The van der Waals surface area contributed by atoms with Crippen LogP contribution < -0.4 is 0 Å². The average molecular weight is 270 g/mol. The van der Waals surface area contributed by atoms with Crippen LogP contribution in [0.25, 0.3) is 0 Å². The first-order valence-electron chi connectivity index (χ1n) is 6.08. The standard InChI is InChI=1S/C15H11FN2S/c16-11-5-3-10-4-6-14-12(2-1-7-17-14)15(18-9-19)13(10)8-11/h1-3,5,7-8,15H,4,6H2. The van der Waals surface area contributed by atoms with E-state index in [0.717, 1.165) is 35.2 Å². The molecule has 94 valence electrons. The predicted molar refractivity (Wildman–Crippen MR) is 74.9 cm³/mol. The highest BCUT2D eigenvalue weighted by Gasteiger charge is 2.24. The highest BCUT2D eigenvalue weighted by molar-refractivity contribution is 7.78. The Balaban J connectivity index is 2.25. The fourth-order valence-electron chi connectivity index (χ4n) is 2.57. The molecule has 1 aromatic heterocycles. The molecular formula is C15H11FN2S. The van der Waals surface area contributed by atoms with Gasteiger partial charge in [-0.1, -0.05) is 12.1 Å². The van der Waals surface area contributed by atoms with Gasteiger partial charge in [0.15, 0.2) is 0 Å². The van der Waals surface area contributed by atoms with Gasteiger partial charge in [-0.05, 0) is 54.4 Å². The summed E-state index contributed by atoms with van der Waals surface area (Å²) in [5.74, 6) is -0.254. The normalized spacial score (nSPS) is 16.8. The largest absolute Gasteiger partial charge is 0.261 e. The Hall–Kier alpha value is -1.90. The van der Waals surface area contributed by atoms with Crippen LogP contribution in [0.2, 0.25) is 0 Å². The van der Waals surface area contributed by atoms with Gasteiger partial charge >= 0.3 is 0 Å². The van der Waals surface area contributed by atoms with Gasteiger partial charge in [0.25, 0.3) is 0 Å². The Bertz CT molecular complexity index is 678. The van der Waals surface area contributed by atoms with E-state index in [1.165, 1.54) is 12.1 Å². The van der Waals surface area contributed by atoms with Gasteiger partial charge < -0.3 is 0 Å². The second-order valence-electron chi connectivity index (χ2n) is 4.51. The van der Waals surface area contributed by atoms with E-state index >= 15 is 0 Å². The SMILES string of the molecule is Fc1ccc2c(c1)C(N=C=S)c1cccnc1CC2. The maximum absolute atomic E-state index is 13.5. The van der Waals surface area contributed by atoms with Crippen LogP contribution in [0.5, 0.6) is 0 Å². The van der Waals surface area contributed by atoms with Crippen molar-refractivity contribution in [3.05, 3.63) is 64.7 Å². The molecular weight excluding hydrogens is 259 g/mol. The van der Waals surface area contributed by atoms with Crippen molar-refractivity contribution in [1.82, 2.24) is 4.98 Å². The number of thiocarbonyl (C=S) groups is 1. The lowest BCUT2D eigenvalue weighted by atomic mass is 9.96. The summed E-state index contributed by atoms with van der Waals surface area (Å²) in [4.78, 5) is 8.63. The van der Waals surface area contributed by atoms with Crippen molar-refractivity contribution in [2.75, 3.05) is 0 Å². The minimum Gasteiger partial charge on any atom is -0.261 e. The maximum Gasteiger partial charge on any atom is 0.123 e. The number of benzene rings is 1. The number of hydrogen-bond donors (Lipinski definition) is 0. The molecule has 3 rings (SSSR count). The van der Waals surface area contributed by atoms with E-state index in [9.17, 15) is 4.39 Å². The Labute approximate surface area is 116 Å². The van der Waals surface area contributed by atoms with Gasteiger partial charge in [0.05, 0.1) is 5.16 Å². The van der Waals surface area contributed by atoms with Crippen molar-refractivity contribution in [2.24, 2.45) is 4.99 Å². The van der Waals surface area contributed by atoms with Crippen LogP contribution in [-0.2, 0) is 12.8 Å². The first-order chi connectivity index (χ1) is 9.29. The van der Waals surface area contributed by atoms with Crippen LogP contribution in [0.15, 0.2) is 41.5 Å². The molecule has 0 saturated carbocycles. The minimum absolute atomic E-state index is 0.254. The van der Waals surface area contributed by atoms with E-state index in [-0.39, 0.29) is 11.9 Å². The Kier molecular flexibility index (Phi) is 3.20.